The van der Waals surface area contributed by atoms with Gasteiger partial charge in [-0.2, -0.15) is 0 Å². The minimum Gasteiger partial charge on any atom is -0.311 e. The van der Waals surface area contributed by atoms with E-state index in [1.807, 2.05) is 23.1 Å². The van der Waals surface area contributed by atoms with Gasteiger partial charge in [-0.25, -0.2) is 0 Å². The van der Waals surface area contributed by atoms with Crippen LogP contribution in [0.4, 0.5) is 17.1 Å². The zero-order valence-corrected chi connectivity index (χ0v) is 44.8. The fourth-order valence-corrected chi connectivity index (χ4v) is 20.2. The minimum absolute atomic E-state index is 0.00903. The average Bonchev–Trinajstić information content (AvgIpc) is 3.95. The monoisotopic (exact) mass is 987 g/mol. The lowest BCUT2D eigenvalue weighted by molar-refractivity contribution is 0.590. The molecule has 0 saturated carbocycles. The van der Waals surface area contributed by atoms with Crippen molar-refractivity contribution in [1.29, 1.82) is 0 Å². The van der Waals surface area contributed by atoms with Crippen LogP contribution in [0.3, 0.4) is 0 Å². The average molecular weight is 988 g/mol. The molecule has 1 aromatic heterocycles. The molecule has 14 rings (SSSR count). The Kier molecular flexibility index (Phi) is 10.0. The zero-order chi connectivity index (χ0) is 49.4. The Morgan fingerprint density at radius 1 is 0.411 bits per heavy atom. The number of rotatable bonds is 5. The van der Waals surface area contributed by atoms with Gasteiger partial charge in [-0.3, -0.25) is 0 Å². The largest absolute Gasteiger partial charge is 0.311 e. The minimum atomic E-state index is -2.86. The summed E-state index contributed by atoms with van der Waals surface area (Å²) in [4.78, 5) is 5.36. The lowest BCUT2D eigenvalue weighted by Crippen LogP contribution is -2.73. The molecule has 1 nitrogen and oxygen atoms in total. The van der Waals surface area contributed by atoms with E-state index in [2.05, 4.69) is 265 Å². The number of benzene rings is 10. The van der Waals surface area contributed by atoms with Gasteiger partial charge < -0.3 is 4.90 Å². The van der Waals surface area contributed by atoms with Gasteiger partial charge in [0.05, 0.1) is 5.69 Å². The van der Waals surface area contributed by atoms with Crippen LogP contribution in [-0.4, -0.2) is 14.8 Å². The third-order valence-electron chi connectivity index (χ3n) is 16.1. The molecule has 0 bridgehead atoms. The van der Waals surface area contributed by atoms with Crippen LogP contribution in [0, 0.1) is 0 Å². The predicted molar refractivity (Wildman–Crippen MR) is 320 cm³/mol. The molecule has 0 radical (unpaired) electrons. The van der Waals surface area contributed by atoms with Gasteiger partial charge in [0.2, 0.25) is 6.71 Å². The van der Waals surface area contributed by atoms with Crippen LogP contribution in [0.15, 0.2) is 228 Å². The Labute approximate surface area is 439 Å². The lowest BCUT2D eigenvalue weighted by atomic mass is 9.34. The summed E-state index contributed by atoms with van der Waals surface area (Å²) in [5.41, 5.74) is 18.1. The first-order chi connectivity index (χ1) is 35.5. The highest BCUT2D eigenvalue weighted by atomic mass is 32.2. The Morgan fingerprint density at radius 3 is 1.78 bits per heavy atom. The molecule has 11 aromatic rings. The molecule has 3 aliphatic heterocycles. The fraction of sp³-hybridized carbons (Fsp3) is 0.118. The Bertz CT molecular complexity index is 3990. The quantitative estimate of drug-likeness (QED) is 0.158. The van der Waals surface area contributed by atoms with E-state index in [0.29, 0.717) is 0 Å². The van der Waals surface area contributed by atoms with Crippen LogP contribution in [0.25, 0.3) is 53.6 Å². The molecular weight excluding hydrogens is 934 g/mol. The second-order valence-corrected chi connectivity index (χ2v) is 28.3. The maximum Gasteiger partial charge on any atom is 0.249 e. The van der Waals surface area contributed by atoms with Gasteiger partial charge in [-0.05, 0) is 124 Å². The topological polar surface area (TPSA) is 3.24 Å². The Morgan fingerprint density at radius 2 is 1.04 bits per heavy atom. The van der Waals surface area contributed by atoms with Crippen molar-refractivity contribution in [2.24, 2.45) is 0 Å². The van der Waals surface area contributed by atoms with Crippen LogP contribution in [-0.2, 0) is 10.8 Å². The number of hydrogen-bond donors (Lipinski definition) is 0. The predicted octanol–water partition coefficient (Wildman–Crippen LogP) is 14.1. The fourth-order valence-electron chi connectivity index (χ4n) is 12.6. The van der Waals surface area contributed by atoms with Gasteiger partial charge >= 0.3 is 0 Å². The van der Waals surface area contributed by atoms with Crippen LogP contribution in [0.2, 0.25) is 0 Å². The SMILES string of the molecule is CC(C)(C)c1ccc2c(c1)B1c3cc4c(cc3N(c3ccc(C(C)(C)C)cc3-c3ccccc3)c3cc(-c5cccc6c5sc5ccccc56)cc(c31)S2)-c1ccccc1[Si]4(c1ccccc1)c1ccccc1. The van der Waals surface area contributed by atoms with E-state index in [-0.39, 0.29) is 17.5 Å². The number of nitrogens with zero attached hydrogens (tertiary/aromatic N) is 1. The van der Waals surface area contributed by atoms with Crippen molar-refractivity contribution in [3.05, 3.63) is 230 Å². The molecule has 10 aromatic carbocycles. The van der Waals surface area contributed by atoms with Crippen molar-refractivity contribution in [3.63, 3.8) is 0 Å². The molecule has 0 aliphatic carbocycles. The van der Waals surface area contributed by atoms with Crippen LogP contribution in [0.5, 0.6) is 0 Å². The Balaban J connectivity index is 1.14. The van der Waals surface area contributed by atoms with E-state index in [0.717, 1.165) is 0 Å². The van der Waals surface area contributed by atoms with E-state index < -0.39 is 8.07 Å². The summed E-state index contributed by atoms with van der Waals surface area (Å²) >= 11 is 3.88. The molecule has 5 heteroatoms. The third-order valence-corrected chi connectivity index (χ3v) is 23.4. The standard InChI is InChI=1S/C68H54BNS2Si/c1-67(2,3)45-33-35-57(53(39-45)43-21-10-7-11-22-43)70-58-41-54-51-28-17-19-32-63(51)73(47-23-12-8-13-24-47,48-25-14-9-15-26-48)64(54)42-55(58)69-56-40-46(68(4,5)6)34-36-61(56)71-62-38-44(37-59(70)65(62)69)49-29-20-30-52-50-27-16-18-31-60(50)72-66(49)52/h7-42H,1-6H3. The summed E-state index contributed by atoms with van der Waals surface area (Å²) in [6, 6.07) is 84.5. The number of thiophene rings is 1. The molecule has 350 valence electrons. The van der Waals surface area contributed by atoms with E-state index >= 15 is 0 Å². The van der Waals surface area contributed by atoms with Crippen LogP contribution < -0.4 is 42.0 Å². The highest BCUT2D eigenvalue weighted by Gasteiger charge is 2.51. The van der Waals surface area contributed by atoms with Gasteiger partial charge in [0, 0.05) is 46.9 Å². The van der Waals surface area contributed by atoms with Crippen molar-refractivity contribution >= 4 is 112 Å². The maximum atomic E-state index is 2.72. The van der Waals surface area contributed by atoms with Crippen molar-refractivity contribution in [2.45, 2.75) is 62.2 Å². The van der Waals surface area contributed by atoms with Crippen molar-refractivity contribution in [1.82, 2.24) is 0 Å². The first-order valence-corrected chi connectivity index (χ1v) is 29.4. The highest BCUT2D eigenvalue weighted by molar-refractivity contribution is 8.00. The smallest absolute Gasteiger partial charge is 0.249 e. The lowest BCUT2D eigenvalue weighted by Gasteiger charge is -2.42. The van der Waals surface area contributed by atoms with E-state index in [4.69, 9.17) is 0 Å². The van der Waals surface area contributed by atoms with Gasteiger partial charge in [0.25, 0.3) is 0 Å². The molecular formula is C68H54BNS2Si. The van der Waals surface area contributed by atoms with Crippen LogP contribution >= 0.6 is 23.1 Å². The summed E-state index contributed by atoms with van der Waals surface area (Å²) < 4.78 is 2.66. The summed E-state index contributed by atoms with van der Waals surface area (Å²) in [5.74, 6) is 0. The van der Waals surface area contributed by atoms with E-state index in [1.165, 1.54) is 129 Å². The van der Waals surface area contributed by atoms with E-state index in [1.54, 1.807) is 0 Å². The zero-order valence-electron chi connectivity index (χ0n) is 42.1. The first kappa shape index (κ1) is 44.5. The molecule has 73 heavy (non-hydrogen) atoms. The van der Waals surface area contributed by atoms with E-state index in [9.17, 15) is 0 Å². The number of anilines is 3. The third kappa shape index (κ3) is 6.75. The molecule has 4 heterocycles. The van der Waals surface area contributed by atoms with Crippen molar-refractivity contribution in [2.75, 3.05) is 4.90 Å². The molecule has 0 spiro atoms. The Hall–Kier alpha value is -7.15. The molecule has 3 aliphatic rings. The molecule has 0 saturated heterocycles. The van der Waals surface area contributed by atoms with Gasteiger partial charge in [0.1, 0.15) is 0 Å². The summed E-state index contributed by atoms with van der Waals surface area (Å²) in [6.45, 7) is 14.1. The second-order valence-electron chi connectivity index (χ2n) is 22.4. The molecule has 0 fully saturated rings. The van der Waals surface area contributed by atoms with Gasteiger partial charge in [-0.15, -0.1) is 11.3 Å². The summed E-state index contributed by atoms with van der Waals surface area (Å²) in [7, 11) is -2.86. The first-order valence-electron chi connectivity index (χ1n) is 25.8. The number of hydrogen-bond acceptors (Lipinski definition) is 3. The van der Waals surface area contributed by atoms with Crippen molar-refractivity contribution < 1.29 is 0 Å². The summed E-state index contributed by atoms with van der Waals surface area (Å²) in [5, 5.41) is 8.41. The molecule has 0 amide bonds. The maximum absolute atomic E-state index is 2.86. The normalized spacial score (nSPS) is 14.2. The molecule has 0 unspecified atom stereocenters. The van der Waals surface area contributed by atoms with Gasteiger partial charge in [-0.1, -0.05) is 235 Å². The molecule has 0 atom stereocenters. The summed E-state index contributed by atoms with van der Waals surface area (Å²) in [6.07, 6.45) is 0. The molecule has 0 N–H and O–H groups in total. The van der Waals surface area contributed by atoms with Gasteiger partial charge in [0.15, 0.2) is 8.07 Å². The highest BCUT2D eigenvalue weighted by Crippen LogP contribution is 2.50. The van der Waals surface area contributed by atoms with Crippen molar-refractivity contribution in [3.8, 4) is 33.4 Å². The van der Waals surface area contributed by atoms with Crippen LogP contribution in [0.1, 0.15) is 52.7 Å². The second kappa shape index (κ2) is 16.4. The number of fused-ring (bicyclic) bond motifs is 10.